The fourth-order valence-electron chi connectivity index (χ4n) is 5.44. The van der Waals surface area contributed by atoms with E-state index in [1.807, 2.05) is 30.3 Å². The molecule has 0 radical (unpaired) electrons. The van der Waals surface area contributed by atoms with Crippen molar-refractivity contribution in [3.8, 4) is 16.2 Å². The van der Waals surface area contributed by atoms with Gasteiger partial charge in [0.25, 0.3) is 5.91 Å². The molecular formula is C28H37N3O5S. The summed E-state index contributed by atoms with van der Waals surface area (Å²) in [6, 6.07) is 10.7. The molecule has 1 saturated carbocycles. The lowest BCUT2D eigenvalue weighted by Crippen LogP contribution is -2.55. The van der Waals surface area contributed by atoms with E-state index in [2.05, 4.69) is 31.4 Å². The second kappa shape index (κ2) is 11.2. The van der Waals surface area contributed by atoms with Crippen LogP contribution in [0.4, 0.5) is 0 Å². The smallest absolute Gasteiger partial charge is 0.310 e. The molecule has 4 rings (SSSR count). The summed E-state index contributed by atoms with van der Waals surface area (Å²) < 4.78 is 10.3. The maximum absolute atomic E-state index is 13.4. The van der Waals surface area contributed by atoms with Crippen LogP contribution in [0.25, 0.3) is 10.4 Å². The molecule has 2 heterocycles. The first-order valence-corrected chi connectivity index (χ1v) is 13.6. The Morgan fingerprint density at radius 2 is 1.76 bits per heavy atom. The number of benzene rings is 1. The van der Waals surface area contributed by atoms with Crippen molar-refractivity contribution in [2.45, 2.75) is 70.1 Å². The van der Waals surface area contributed by atoms with Gasteiger partial charge < -0.3 is 25.0 Å². The van der Waals surface area contributed by atoms with Crippen LogP contribution in [-0.2, 0) is 14.3 Å². The third-order valence-corrected chi connectivity index (χ3v) is 8.24. The number of likely N-dealkylation sites (tertiary alicyclic amines) is 1. The summed E-state index contributed by atoms with van der Waals surface area (Å²) in [6.07, 6.45) is 2.74. The van der Waals surface area contributed by atoms with Gasteiger partial charge in [0.15, 0.2) is 0 Å². The first-order chi connectivity index (χ1) is 17.6. The Hall–Kier alpha value is -2.91. The molecule has 0 spiro atoms. The summed E-state index contributed by atoms with van der Waals surface area (Å²) in [7, 11) is 3.02. The van der Waals surface area contributed by atoms with Gasteiger partial charge in [-0.1, -0.05) is 0 Å². The van der Waals surface area contributed by atoms with Crippen molar-refractivity contribution in [2.75, 3.05) is 20.8 Å². The van der Waals surface area contributed by atoms with Gasteiger partial charge in [-0.25, -0.2) is 0 Å². The van der Waals surface area contributed by atoms with E-state index in [-0.39, 0.29) is 41.3 Å². The van der Waals surface area contributed by atoms with Crippen LogP contribution >= 0.6 is 11.3 Å². The van der Waals surface area contributed by atoms with E-state index in [0.29, 0.717) is 24.3 Å². The first kappa shape index (κ1) is 27.1. The lowest BCUT2D eigenvalue weighted by atomic mass is 9.80. The topological polar surface area (TPSA) is 97.0 Å². The SMILES string of the molecule is COC(=O)[C@@H]1C[C@H](NC(C)(C)C)CC[C@@H]1N1CCC(NC(=O)c2ccc(-c3ccc(OC)cc3)s2)C1=O. The van der Waals surface area contributed by atoms with Gasteiger partial charge >= 0.3 is 5.97 Å². The van der Waals surface area contributed by atoms with Gasteiger partial charge in [-0.2, -0.15) is 0 Å². The highest BCUT2D eigenvalue weighted by molar-refractivity contribution is 7.17. The Balaban J connectivity index is 1.40. The molecule has 2 N–H and O–H groups in total. The lowest BCUT2D eigenvalue weighted by Gasteiger charge is -2.41. The minimum Gasteiger partial charge on any atom is -0.497 e. The molecule has 2 amide bonds. The van der Waals surface area contributed by atoms with Crippen LogP contribution in [0.5, 0.6) is 5.75 Å². The molecule has 1 unspecified atom stereocenters. The summed E-state index contributed by atoms with van der Waals surface area (Å²) in [6.45, 7) is 6.84. The van der Waals surface area contributed by atoms with Gasteiger partial charge in [0.05, 0.1) is 25.0 Å². The molecule has 200 valence electrons. The molecule has 0 bridgehead atoms. The van der Waals surface area contributed by atoms with Crippen molar-refractivity contribution in [2.24, 2.45) is 5.92 Å². The summed E-state index contributed by atoms with van der Waals surface area (Å²) in [4.78, 5) is 42.4. The van der Waals surface area contributed by atoms with Gasteiger partial charge in [-0.15, -0.1) is 11.3 Å². The molecule has 9 heteroatoms. The standard InChI is InChI=1S/C28H37N3O5S/c1-28(2,3)30-18-8-11-22(20(16-18)27(34)36-5)31-15-14-21(26(31)33)29-25(32)24-13-12-23(37-24)17-6-9-19(35-4)10-7-17/h6-7,9-10,12-13,18,20-22,30H,8,11,14-16H2,1-5H3,(H,29,32)/t18-,20-,21?,22+/m1/s1. The normalized spacial score (nSPS) is 24.1. The van der Waals surface area contributed by atoms with E-state index < -0.39 is 6.04 Å². The van der Waals surface area contributed by atoms with Crippen LogP contribution in [0.1, 0.15) is 56.1 Å². The number of amides is 2. The number of nitrogens with one attached hydrogen (secondary N) is 2. The van der Waals surface area contributed by atoms with Crippen molar-refractivity contribution in [1.29, 1.82) is 0 Å². The van der Waals surface area contributed by atoms with Gasteiger partial charge in [0.2, 0.25) is 5.91 Å². The van der Waals surface area contributed by atoms with E-state index in [1.165, 1.54) is 18.4 Å². The molecule has 1 aliphatic heterocycles. The van der Waals surface area contributed by atoms with Crippen molar-refractivity contribution in [1.82, 2.24) is 15.5 Å². The summed E-state index contributed by atoms with van der Waals surface area (Å²) in [5.74, 6) is -0.276. The Morgan fingerprint density at radius 1 is 1.03 bits per heavy atom. The summed E-state index contributed by atoms with van der Waals surface area (Å²) in [5.41, 5.74) is 0.935. The molecular weight excluding hydrogens is 490 g/mol. The van der Waals surface area contributed by atoms with Crippen molar-refractivity contribution in [3.63, 3.8) is 0 Å². The zero-order chi connectivity index (χ0) is 26.7. The van der Waals surface area contributed by atoms with Crippen LogP contribution in [0.15, 0.2) is 36.4 Å². The highest BCUT2D eigenvalue weighted by Crippen LogP contribution is 2.34. The summed E-state index contributed by atoms with van der Waals surface area (Å²) >= 11 is 1.39. The molecule has 1 saturated heterocycles. The maximum Gasteiger partial charge on any atom is 0.310 e. The average Bonchev–Trinajstić information content (AvgIpc) is 3.50. The average molecular weight is 528 g/mol. The van der Waals surface area contributed by atoms with Crippen LogP contribution in [0, 0.1) is 5.92 Å². The van der Waals surface area contributed by atoms with Gasteiger partial charge in [0, 0.05) is 29.0 Å². The monoisotopic (exact) mass is 527 g/mol. The van der Waals surface area contributed by atoms with E-state index in [1.54, 1.807) is 18.1 Å². The minimum atomic E-state index is -0.595. The van der Waals surface area contributed by atoms with Crippen LogP contribution in [0.2, 0.25) is 0 Å². The zero-order valence-corrected chi connectivity index (χ0v) is 23.0. The number of thiophene rings is 1. The maximum atomic E-state index is 13.4. The van der Waals surface area contributed by atoms with Crippen LogP contribution < -0.4 is 15.4 Å². The Bertz CT molecular complexity index is 1120. The first-order valence-electron chi connectivity index (χ1n) is 12.8. The Labute approximate surface area is 222 Å². The quantitative estimate of drug-likeness (QED) is 0.531. The number of nitrogens with zero attached hydrogens (tertiary/aromatic N) is 1. The van der Waals surface area contributed by atoms with Gasteiger partial charge in [0.1, 0.15) is 11.8 Å². The molecule has 1 aromatic carbocycles. The van der Waals surface area contributed by atoms with Crippen molar-refractivity contribution < 1.29 is 23.9 Å². The molecule has 1 aliphatic carbocycles. The highest BCUT2D eigenvalue weighted by atomic mass is 32.1. The fourth-order valence-corrected chi connectivity index (χ4v) is 6.36. The molecule has 2 fully saturated rings. The zero-order valence-electron chi connectivity index (χ0n) is 22.2. The predicted octanol–water partition coefficient (Wildman–Crippen LogP) is 3.85. The van der Waals surface area contributed by atoms with Crippen LogP contribution in [0.3, 0.4) is 0 Å². The third-order valence-electron chi connectivity index (χ3n) is 7.10. The van der Waals surface area contributed by atoms with Crippen molar-refractivity contribution in [3.05, 3.63) is 41.3 Å². The third kappa shape index (κ3) is 6.33. The fraction of sp³-hybridized carbons (Fsp3) is 0.536. The highest BCUT2D eigenvalue weighted by Gasteiger charge is 2.45. The number of esters is 1. The number of hydrogen-bond donors (Lipinski definition) is 2. The minimum absolute atomic E-state index is 0.0634. The molecule has 2 aromatic rings. The molecule has 37 heavy (non-hydrogen) atoms. The molecule has 8 nitrogen and oxygen atoms in total. The Morgan fingerprint density at radius 3 is 2.41 bits per heavy atom. The van der Waals surface area contributed by atoms with E-state index in [0.717, 1.165) is 29.0 Å². The molecule has 2 aliphatic rings. The van der Waals surface area contributed by atoms with Gasteiger partial charge in [-0.05, 0) is 88.4 Å². The molecule has 1 aromatic heterocycles. The second-order valence-electron chi connectivity index (χ2n) is 10.8. The Kier molecular flexibility index (Phi) is 8.23. The number of hydrogen-bond acceptors (Lipinski definition) is 7. The molecule has 4 atom stereocenters. The van der Waals surface area contributed by atoms with Crippen molar-refractivity contribution >= 4 is 29.1 Å². The lowest BCUT2D eigenvalue weighted by molar-refractivity contribution is -0.151. The van der Waals surface area contributed by atoms with E-state index in [4.69, 9.17) is 9.47 Å². The number of ether oxygens (including phenoxy) is 2. The number of rotatable bonds is 7. The number of carbonyl (C=O) groups is 3. The number of carbonyl (C=O) groups excluding carboxylic acids is 3. The van der Waals surface area contributed by atoms with E-state index >= 15 is 0 Å². The van der Waals surface area contributed by atoms with E-state index in [9.17, 15) is 14.4 Å². The summed E-state index contributed by atoms with van der Waals surface area (Å²) in [5, 5.41) is 6.52. The largest absolute Gasteiger partial charge is 0.497 e. The van der Waals surface area contributed by atoms with Gasteiger partial charge in [-0.3, -0.25) is 14.4 Å². The second-order valence-corrected chi connectivity index (χ2v) is 11.9. The number of methoxy groups -OCH3 is 2. The predicted molar refractivity (Wildman–Crippen MR) is 144 cm³/mol. The van der Waals surface area contributed by atoms with Crippen LogP contribution in [-0.4, -0.2) is 67.1 Å².